The predicted molar refractivity (Wildman–Crippen MR) is 59.8 cm³/mol. The van der Waals surface area contributed by atoms with Crippen molar-refractivity contribution in [3.05, 3.63) is 40.0 Å². The Kier molecular flexibility index (Phi) is 2.35. The number of carbonyl (C=O) groups is 1. The van der Waals surface area contributed by atoms with Crippen molar-refractivity contribution < 1.29 is 9.90 Å². The molecule has 1 aromatic rings. The average molecular weight is 202 g/mol. The van der Waals surface area contributed by atoms with Crippen LogP contribution in [-0.2, 0) is 11.2 Å². The predicted octanol–water partition coefficient (Wildman–Crippen LogP) is 2.72. The maximum Gasteiger partial charge on any atom is 0.331 e. The van der Waals surface area contributed by atoms with Crippen molar-refractivity contribution in [1.82, 2.24) is 0 Å². The van der Waals surface area contributed by atoms with Crippen molar-refractivity contribution in [2.45, 2.75) is 26.7 Å². The van der Waals surface area contributed by atoms with Gasteiger partial charge in [-0.25, -0.2) is 4.79 Å². The molecular formula is C13H14O2. The van der Waals surface area contributed by atoms with E-state index in [0.29, 0.717) is 12.0 Å². The van der Waals surface area contributed by atoms with Gasteiger partial charge in [0.25, 0.3) is 0 Å². The van der Waals surface area contributed by atoms with Gasteiger partial charge in [-0.15, -0.1) is 0 Å². The van der Waals surface area contributed by atoms with Crippen LogP contribution in [0.15, 0.2) is 17.7 Å². The van der Waals surface area contributed by atoms with Crippen LogP contribution in [0.25, 0.3) is 6.08 Å². The van der Waals surface area contributed by atoms with Crippen LogP contribution in [0.1, 0.15) is 28.7 Å². The van der Waals surface area contributed by atoms with Gasteiger partial charge >= 0.3 is 5.97 Å². The fourth-order valence-corrected chi connectivity index (χ4v) is 1.95. The molecule has 1 aliphatic rings. The van der Waals surface area contributed by atoms with Crippen molar-refractivity contribution in [2.75, 3.05) is 0 Å². The van der Waals surface area contributed by atoms with E-state index >= 15 is 0 Å². The molecule has 0 heterocycles. The Morgan fingerprint density at radius 2 is 1.87 bits per heavy atom. The molecule has 0 aliphatic heterocycles. The zero-order chi connectivity index (χ0) is 11.0. The number of hydrogen-bond acceptors (Lipinski definition) is 1. The van der Waals surface area contributed by atoms with Crippen LogP contribution in [0, 0.1) is 13.8 Å². The van der Waals surface area contributed by atoms with Crippen LogP contribution in [-0.4, -0.2) is 11.1 Å². The summed E-state index contributed by atoms with van der Waals surface area (Å²) < 4.78 is 0. The molecule has 2 heteroatoms. The van der Waals surface area contributed by atoms with E-state index in [9.17, 15) is 4.79 Å². The Hall–Kier alpha value is -1.57. The van der Waals surface area contributed by atoms with E-state index in [1.165, 1.54) is 16.7 Å². The van der Waals surface area contributed by atoms with Gasteiger partial charge in [0.1, 0.15) is 0 Å². The maximum atomic E-state index is 10.8. The van der Waals surface area contributed by atoms with Gasteiger partial charge in [-0.2, -0.15) is 0 Å². The number of fused-ring (bicyclic) bond motifs is 1. The van der Waals surface area contributed by atoms with Gasteiger partial charge in [0.2, 0.25) is 0 Å². The molecule has 0 saturated heterocycles. The van der Waals surface area contributed by atoms with Crippen molar-refractivity contribution >= 4 is 12.0 Å². The quantitative estimate of drug-likeness (QED) is 0.760. The number of rotatable bonds is 1. The highest BCUT2D eigenvalue weighted by atomic mass is 16.4. The van der Waals surface area contributed by atoms with E-state index < -0.39 is 5.97 Å². The fourth-order valence-electron chi connectivity index (χ4n) is 1.95. The summed E-state index contributed by atoms with van der Waals surface area (Å²) in [5, 5.41) is 8.92. The van der Waals surface area contributed by atoms with E-state index in [2.05, 4.69) is 26.0 Å². The van der Waals surface area contributed by atoms with Gasteiger partial charge in [0.15, 0.2) is 0 Å². The second kappa shape index (κ2) is 3.54. The summed E-state index contributed by atoms with van der Waals surface area (Å²) in [6, 6.07) is 4.24. The average Bonchev–Trinajstić information content (AvgIpc) is 2.19. The third kappa shape index (κ3) is 1.80. The lowest BCUT2D eigenvalue weighted by Crippen LogP contribution is -2.07. The number of carboxylic acids is 1. The molecule has 78 valence electrons. The molecule has 2 nitrogen and oxygen atoms in total. The van der Waals surface area contributed by atoms with Gasteiger partial charge < -0.3 is 5.11 Å². The van der Waals surface area contributed by atoms with Gasteiger partial charge in [-0.05, 0) is 55.0 Å². The first-order valence-corrected chi connectivity index (χ1v) is 5.12. The first kappa shape index (κ1) is 9.97. The summed E-state index contributed by atoms with van der Waals surface area (Å²) in [4.78, 5) is 10.8. The molecule has 1 N–H and O–H groups in total. The highest BCUT2D eigenvalue weighted by Crippen LogP contribution is 2.26. The fraction of sp³-hybridized carbons (Fsp3) is 0.308. The molecule has 0 atom stereocenters. The Balaban J connectivity index is 2.51. The normalized spacial score (nSPS) is 14.4. The van der Waals surface area contributed by atoms with Crippen LogP contribution in [0.5, 0.6) is 0 Å². The Labute approximate surface area is 89.2 Å². The van der Waals surface area contributed by atoms with E-state index in [-0.39, 0.29) is 0 Å². The van der Waals surface area contributed by atoms with Crippen LogP contribution >= 0.6 is 0 Å². The van der Waals surface area contributed by atoms with Crippen molar-refractivity contribution in [2.24, 2.45) is 0 Å². The van der Waals surface area contributed by atoms with E-state index in [1.54, 1.807) is 6.08 Å². The Bertz CT molecular complexity index is 456. The van der Waals surface area contributed by atoms with Crippen molar-refractivity contribution in [1.29, 1.82) is 0 Å². The summed E-state index contributed by atoms with van der Waals surface area (Å²) in [6.45, 7) is 4.14. The number of hydrogen-bond donors (Lipinski definition) is 1. The smallest absolute Gasteiger partial charge is 0.331 e. The largest absolute Gasteiger partial charge is 0.478 e. The standard InChI is InChI=1S/C13H14O2/c1-8-5-10-3-4-11(13(14)15)7-12(10)6-9(8)2/h5-7H,3-4H2,1-2H3,(H,14,15). The first-order valence-electron chi connectivity index (χ1n) is 5.12. The summed E-state index contributed by atoms with van der Waals surface area (Å²) in [5.74, 6) is -0.793. The van der Waals surface area contributed by atoms with E-state index in [4.69, 9.17) is 5.11 Å². The van der Waals surface area contributed by atoms with Crippen LogP contribution in [0.4, 0.5) is 0 Å². The van der Waals surface area contributed by atoms with Gasteiger partial charge in [0, 0.05) is 5.57 Å². The zero-order valence-electron chi connectivity index (χ0n) is 9.00. The maximum absolute atomic E-state index is 10.8. The number of benzene rings is 1. The molecule has 0 saturated carbocycles. The Morgan fingerprint density at radius 3 is 2.53 bits per heavy atom. The topological polar surface area (TPSA) is 37.3 Å². The molecule has 1 aromatic carbocycles. The molecule has 15 heavy (non-hydrogen) atoms. The number of aryl methyl sites for hydroxylation is 3. The molecule has 2 rings (SSSR count). The lowest BCUT2D eigenvalue weighted by atomic mass is 9.89. The first-order chi connectivity index (χ1) is 7.08. The molecule has 0 fully saturated rings. The molecule has 0 amide bonds. The molecule has 0 bridgehead atoms. The number of carboxylic acid groups (broad SMARTS) is 1. The third-order valence-corrected chi connectivity index (χ3v) is 3.02. The summed E-state index contributed by atoms with van der Waals surface area (Å²) in [6.07, 6.45) is 3.28. The molecule has 0 radical (unpaired) electrons. The molecule has 0 unspecified atom stereocenters. The van der Waals surface area contributed by atoms with Crippen molar-refractivity contribution in [3.8, 4) is 0 Å². The zero-order valence-corrected chi connectivity index (χ0v) is 9.00. The molecule has 0 aromatic heterocycles. The second-order valence-corrected chi connectivity index (χ2v) is 4.11. The third-order valence-electron chi connectivity index (χ3n) is 3.02. The van der Waals surface area contributed by atoms with Gasteiger partial charge in [-0.1, -0.05) is 12.1 Å². The summed E-state index contributed by atoms with van der Waals surface area (Å²) in [7, 11) is 0. The molecular weight excluding hydrogens is 188 g/mol. The van der Waals surface area contributed by atoms with Gasteiger partial charge in [-0.3, -0.25) is 0 Å². The van der Waals surface area contributed by atoms with Crippen LogP contribution in [0.2, 0.25) is 0 Å². The highest BCUT2D eigenvalue weighted by Gasteiger charge is 2.15. The van der Waals surface area contributed by atoms with Crippen molar-refractivity contribution in [3.63, 3.8) is 0 Å². The SMILES string of the molecule is Cc1cc2c(cc1C)CCC(C(=O)O)=C2. The molecule has 1 aliphatic carbocycles. The lowest BCUT2D eigenvalue weighted by molar-refractivity contribution is -0.132. The lowest BCUT2D eigenvalue weighted by Gasteiger charge is -2.15. The summed E-state index contributed by atoms with van der Waals surface area (Å²) >= 11 is 0. The van der Waals surface area contributed by atoms with Gasteiger partial charge in [0.05, 0.1) is 0 Å². The van der Waals surface area contributed by atoms with Crippen LogP contribution in [0.3, 0.4) is 0 Å². The minimum Gasteiger partial charge on any atom is -0.478 e. The minimum absolute atomic E-state index is 0.519. The minimum atomic E-state index is -0.793. The second-order valence-electron chi connectivity index (χ2n) is 4.11. The Morgan fingerprint density at radius 1 is 1.20 bits per heavy atom. The van der Waals surface area contributed by atoms with E-state index in [0.717, 1.165) is 12.0 Å². The van der Waals surface area contributed by atoms with Crippen LogP contribution < -0.4 is 0 Å². The van der Waals surface area contributed by atoms with E-state index in [1.807, 2.05) is 0 Å². The number of aliphatic carboxylic acids is 1. The monoisotopic (exact) mass is 202 g/mol. The summed E-state index contributed by atoms with van der Waals surface area (Å²) in [5.41, 5.74) is 5.35. The molecule has 0 spiro atoms. The highest BCUT2D eigenvalue weighted by molar-refractivity contribution is 5.93.